The summed E-state index contributed by atoms with van der Waals surface area (Å²) < 4.78 is 5.33. The van der Waals surface area contributed by atoms with Gasteiger partial charge >= 0.3 is 0 Å². The topological polar surface area (TPSA) is 53.0 Å². The fraction of sp³-hybridized carbons (Fsp3) is 0.800. The monoisotopic (exact) mass is 393 g/mol. The molecule has 7 heteroatoms. The van der Waals surface area contributed by atoms with Gasteiger partial charge in [-0.2, -0.15) is 0 Å². The van der Waals surface area contributed by atoms with Crippen LogP contribution in [0.2, 0.25) is 0 Å². The number of rotatable bonds is 7. The molecule has 2 aliphatic heterocycles. The van der Waals surface area contributed by atoms with Gasteiger partial charge in [0.15, 0.2) is 5.96 Å². The normalized spacial score (nSPS) is 22.6. The van der Waals surface area contributed by atoms with E-state index in [0.717, 1.165) is 58.4 Å². The third-order valence-electron chi connectivity index (χ3n) is 5.58. The number of ether oxygens (including phenoxy) is 1. The molecule has 2 aliphatic rings. The van der Waals surface area contributed by atoms with Crippen LogP contribution in [0.15, 0.2) is 10.4 Å². The molecule has 1 atom stereocenters. The molecular formula is C20H35N5OS. The summed E-state index contributed by atoms with van der Waals surface area (Å²) in [6.45, 7) is 12.4. The maximum Gasteiger partial charge on any atom is 0.193 e. The molecule has 27 heavy (non-hydrogen) atoms. The lowest BCUT2D eigenvalue weighted by atomic mass is 9.97. The second-order valence-corrected chi connectivity index (χ2v) is 8.89. The number of likely N-dealkylation sites (tertiary alicyclic amines) is 2. The Hall–Kier alpha value is -1.18. The smallest absolute Gasteiger partial charge is 0.193 e. The van der Waals surface area contributed by atoms with Gasteiger partial charge in [0.2, 0.25) is 0 Å². The van der Waals surface area contributed by atoms with Crippen molar-refractivity contribution in [1.29, 1.82) is 0 Å². The van der Waals surface area contributed by atoms with Crippen molar-refractivity contribution in [2.24, 2.45) is 16.8 Å². The minimum absolute atomic E-state index is 0.636. The van der Waals surface area contributed by atoms with Crippen LogP contribution in [-0.2, 0) is 11.3 Å². The van der Waals surface area contributed by atoms with Gasteiger partial charge in [-0.25, -0.2) is 4.98 Å². The van der Waals surface area contributed by atoms with Crippen LogP contribution in [-0.4, -0.2) is 73.7 Å². The van der Waals surface area contributed by atoms with Crippen molar-refractivity contribution in [3.05, 3.63) is 16.1 Å². The van der Waals surface area contributed by atoms with Crippen LogP contribution in [0, 0.1) is 18.8 Å². The van der Waals surface area contributed by atoms with Crippen LogP contribution < -0.4 is 5.32 Å². The van der Waals surface area contributed by atoms with Gasteiger partial charge in [-0.15, -0.1) is 11.3 Å². The van der Waals surface area contributed by atoms with Gasteiger partial charge in [0, 0.05) is 51.1 Å². The van der Waals surface area contributed by atoms with Crippen LogP contribution >= 0.6 is 11.3 Å². The van der Waals surface area contributed by atoms with Crippen LogP contribution in [0.3, 0.4) is 0 Å². The van der Waals surface area contributed by atoms with E-state index in [1.54, 1.807) is 18.4 Å². The number of aromatic nitrogens is 1. The fourth-order valence-electron chi connectivity index (χ4n) is 4.08. The Morgan fingerprint density at radius 1 is 1.30 bits per heavy atom. The maximum absolute atomic E-state index is 5.33. The molecule has 0 spiro atoms. The molecule has 0 radical (unpaired) electrons. The van der Waals surface area contributed by atoms with Gasteiger partial charge in [-0.05, 0) is 52.1 Å². The molecule has 0 saturated carbocycles. The highest BCUT2D eigenvalue weighted by Crippen LogP contribution is 2.21. The highest BCUT2D eigenvalue weighted by atomic mass is 32.1. The summed E-state index contributed by atoms with van der Waals surface area (Å²) >= 11 is 1.75. The molecule has 0 aromatic carbocycles. The second-order valence-electron chi connectivity index (χ2n) is 7.83. The lowest BCUT2D eigenvalue weighted by molar-refractivity contribution is 0.157. The molecule has 1 N–H and O–H groups in total. The molecule has 0 aliphatic carbocycles. The van der Waals surface area contributed by atoms with Gasteiger partial charge in [0.05, 0.1) is 17.3 Å². The number of nitrogens with one attached hydrogen (secondary N) is 1. The molecule has 0 amide bonds. The zero-order valence-corrected chi connectivity index (χ0v) is 17.9. The molecule has 2 saturated heterocycles. The average Bonchev–Trinajstić information content (AvgIpc) is 3.29. The molecule has 3 rings (SSSR count). The maximum atomic E-state index is 5.33. The zero-order chi connectivity index (χ0) is 19.1. The largest absolute Gasteiger partial charge is 0.384 e. The number of nitrogens with zero attached hydrogens (tertiary/aromatic N) is 4. The molecule has 1 aromatic heterocycles. The molecule has 1 unspecified atom stereocenters. The van der Waals surface area contributed by atoms with Crippen molar-refractivity contribution in [3.8, 4) is 0 Å². The fourth-order valence-corrected chi connectivity index (χ4v) is 4.68. The molecule has 2 fully saturated rings. The van der Waals surface area contributed by atoms with E-state index < -0.39 is 0 Å². The van der Waals surface area contributed by atoms with Crippen molar-refractivity contribution < 1.29 is 4.74 Å². The van der Waals surface area contributed by atoms with E-state index in [1.165, 1.54) is 30.0 Å². The summed E-state index contributed by atoms with van der Waals surface area (Å²) in [4.78, 5) is 14.5. The third kappa shape index (κ3) is 6.16. The Morgan fingerprint density at radius 2 is 2.07 bits per heavy atom. The molecule has 152 valence electrons. The Bertz CT molecular complexity index is 597. The molecule has 3 heterocycles. The summed E-state index contributed by atoms with van der Waals surface area (Å²) in [7, 11) is 1.80. The minimum Gasteiger partial charge on any atom is -0.384 e. The summed E-state index contributed by atoms with van der Waals surface area (Å²) in [6.07, 6.45) is 3.67. The number of aryl methyl sites for hydroxylation is 1. The number of piperidine rings is 1. The molecular weight excluding hydrogens is 358 g/mol. The van der Waals surface area contributed by atoms with Gasteiger partial charge in [0.1, 0.15) is 0 Å². The van der Waals surface area contributed by atoms with E-state index in [2.05, 4.69) is 39.3 Å². The lowest BCUT2D eigenvalue weighted by Crippen LogP contribution is -2.41. The number of hydrogen-bond acceptors (Lipinski definition) is 5. The standard InChI is InChI=1S/C20H35N5OS/c1-4-21-20(25-10-7-18(12-25)14-26-3)22-11-17-5-8-24(9-6-17)13-19-15-27-16(2)23-19/h15,17-18H,4-14H2,1-3H3,(H,21,22). The van der Waals surface area contributed by atoms with Crippen molar-refractivity contribution in [2.75, 3.05) is 53.0 Å². The molecule has 0 bridgehead atoms. The SMILES string of the molecule is CCNC(=NCC1CCN(Cc2csc(C)n2)CC1)N1CCC(COC)C1. The first-order valence-electron chi connectivity index (χ1n) is 10.3. The van der Waals surface area contributed by atoms with Crippen molar-refractivity contribution in [3.63, 3.8) is 0 Å². The number of hydrogen-bond donors (Lipinski definition) is 1. The average molecular weight is 394 g/mol. The first-order valence-corrected chi connectivity index (χ1v) is 11.2. The minimum atomic E-state index is 0.636. The summed E-state index contributed by atoms with van der Waals surface area (Å²) in [5.74, 6) is 2.43. The van der Waals surface area contributed by atoms with Crippen molar-refractivity contribution in [1.82, 2.24) is 20.1 Å². The quantitative estimate of drug-likeness (QED) is 0.570. The molecule has 6 nitrogen and oxygen atoms in total. The van der Waals surface area contributed by atoms with E-state index in [0.29, 0.717) is 11.8 Å². The number of methoxy groups -OCH3 is 1. The van der Waals surface area contributed by atoms with Gasteiger partial charge in [-0.1, -0.05) is 0 Å². The zero-order valence-electron chi connectivity index (χ0n) is 17.1. The Morgan fingerprint density at radius 3 is 2.74 bits per heavy atom. The van der Waals surface area contributed by atoms with Crippen LogP contribution in [0.25, 0.3) is 0 Å². The van der Waals surface area contributed by atoms with E-state index in [1.807, 2.05) is 0 Å². The Balaban J connectivity index is 1.45. The first-order chi connectivity index (χ1) is 13.2. The van der Waals surface area contributed by atoms with Gasteiger partial charge in [0.25, 0.3) is 0 Å². The predicted octanol–water partition coefficient (Wildman–Crippen LogP) is 2.60. The van der Waals surface area contributed by atoms with Crippen LogP contribution in [0.5, 0.6) is 0 Å². The Labute approximate surface area is 168 Å². The van der Waals surface area contributed by atoms with Crippen molar-refractivity contribution in [2.45, 2.75) is 39.7 Å². The summed E-state index contributed by atoms with van der Waals surface area (Å²) in [6, 6.07) is 0. The lowest BCUT2D eigenvalue weighted by Gasteiger charge is -2.31. The van der Waals surface area contributed by atoms with Crippen LogP contribution in [0.4, 0.5) is 0 Å². The van der Waals surface area contributed by atoms with Gasteiger partial charge < -0.3 is 15.0 Å². The van der Waals surface area contributed by atoms with Crippen LogP contribution in [0.1, 0.15) is 36.9 Å². The second kappa shape index (κ2) is 10.4. The first kappa shape index (κ1) is 20.6. The Kier molecular flexibility index (Phi) is 7.91. The highest BCUT2D eigenvalue weighted by Gasteiger charge is 2.25. The molecule has 1 aromatic rings. The number of guanidine groups is 1. The van der Waals surface area contributed by atoms with Gasteiger partial charge in [-0.3, -0.25) is 9.89 Å². The van der Waals surface area contributed by atoms with E-state index >= 15 is 0 Å². The van der Waals surface area contributed by atoms with E-state index in [-0.39, 0.29) is 0 Å². The predicted molar refractivity (Wildman–Crippen MR) is 112 cm³/mol. The third-order valence-corrected chi connectivity index (χ3v) is 6.40. The number of aliphatic imine (C=N–C) groups is 1. The van der Waals surface area contributed by atoms with Crippen molar-refractivity contribution >= 4 is 17.3 Å². The summed E-state index contributed by atoms with van der Waals surface area (Å²) in [5, 5.41) is 6.85. The number of thiazole rings is 1. The van der Waals surface area contributed by atoms with E-state index in [9.17, 15) is 0 Å². The summed E-state index contributed by atoms with van der Waals surface area (Å²) in [5.41, 5.74) is 1.23. The highest BCUT2D eigenvalue weighted by molar-refractivity contribution is 7.09. The van der Waals surface area contributed by atoms with E-state index in [4.69, 9.17) is 9.73 Å².